The summed E-state index contributed by atoms with van der Waals surface area (Å²) in [6, 6.07) is 21.9. The molecule has 2 N–H and O–H groups in total. The van der Waals surface area contributed by atoms with Gasteiger partial charge in [0.05, 0.1) is 23.1 Å². The van der Waals surface area contributed by atoms with Gasteiger partial charge in [0.25, 0.3) is 5.91 Å². The van der Waals surface area contributed by atoms with E-state index in [2.05, 4.69) is 16.7 Å². The van der Waals surface area contributed by atoms with Gasteiger partial charge in [-0.15, -0.1) is 0 Å². The van der Waals surface area contributed by atoms with E-state index in [1.54, 1.807) is 54.6 Å². The second kappa shape index (κ2) is 9.24. The molecule has 4 rings (SSSR count). The summed E-state index contributed by atoms with van der Waals surface area (Å²) in [5, 5.41) is 14.8. The SMILES string of the molecule is N#Cc1ccccc1-c1ccccc1C(=O)Nc1cccc(S(=O)(=O)N2CCNC(=O)C2)c1. The smallest absolute Gasteiger partial charge is 0.256 e. The van der Waals surface area contributed by atoms with Gasteiger partial charge in [-0.3, -0.25) is 9.59 Å². The van der Waals surface area contributed by atoms with E-state index in [4.69, 9.17) is 0 Å². The first-order valence-corrected chi connectivity index (χ1v) is 11.6. The van der Waals surface area contributed by atoms with Gasteiger partial charge in [0, 0.05) is 29.9 Å². The third-order valence-electron chi connectivity index (χ3n) is 5.24. The van der Waals surface area contributed by atoms with Crippen molar-refractivity contribution in [2.75, 3.05) is 25.0 Å². The predicted octanol–water partition coefficient (Wildman–Crippen LogP) is 2.60. The van der Waals surface area contributed by atoms with Crippen molar-refractivity contribution in [2.24, 2.45) is 0 Å². The molecule has 33 heavy (non-hydrogen) atoms. The number of nitriles is 1. The van der Waals surface area contributed by atoms with Crippen LogP contribution < -0.4 is 10.6 Å². The highest BCUT2D eigenvalue weighted by atomic mass is 32.2. The maximum atomic E-state index is 13.1. The Morgan fingerprint density at radius 3 is 2.48 bits per heavy atom. The number of hydrogen-bond donors (Lipinski definition) is 2. The Morgan fingerprint density at radius 2 is 1.73 bits per heavy atom. The fourth-order valence-electron chi connectivity index (χ4n) is 3.63. The van der Waals surface area contributed by atoms with Crippen LogP contribution in [0.1, 0.15) is 15.9 Å². The van der Waals surface area contributed by atoms with E-state index in [9.17, 15) is 23.3 Å². The number of sulfonamides is 1. The van der Waals surface area contributed by atoms with Crippen LogP contribution >= 0.6 is 0 Å². The molecule has 0 spiro atoms. The number of benzene rings is 3. The van der Waals surface area contributed by atoms with Crippen LogP contribution in [0.3, 0.4) is 0 Å². The lowest BCUT2D eigenvalue weighted by Gasteiger charge is -2.26. The third-order valence-corrected chi connectivity index (χ3v) is 7.08. The second-order valence-electron chi connectivity index (χ2n) is 7.37. The summed E-state index contributed by atoms with van der Waals surface area (Å²) >= 11 is 0. The highest BCUT2D eigenvalue weighted by Gasteiger charge is 2.29. The Balaban J connectivity index is 1.62. The summed E-state index contributed by atoms with van der Waals surface area (Å²) in [7, 11) is -3.89. The number of anilines is 1. The Labute approximate surface area is 191 Å². The molecule has 1 fully saturated rings. The van der Waals surface area contributed by atoms with Gasteiger partial charge in [0.15, 0.2) is 0 Å². The standard InChI is InChI=1S/C24H20N4O4S/c25-15-17-6-1-2-9-20(17)21-10-3-4-11-22(21)24(30)27-18-7-5-8-19(14-18)33(31,32)28-13-12-26-23(29)16-28/h1-11,14H,12-13,16H2,(H,26,29)(H,27,30). The van der Waals surface area contributed by atoms with Crippen LogP contribution in [0.25, 0.3) is 11.1 Å². The zero-order valence-electron chi connectivity index (χ0n) is 17.5. The first kappa shape index (κ1) is 22.2. The van der Waals surface area contributed by atoms with Gasteiger partial charge in [-0.25, -0.2) is 8.42 Å². The summed E-state index contributed by atoms with van der Waals surface area (Å²) in [5.41, 5.74) is 2.31. The topological polar surface area (TPSA) is 119 Å². The largest absolute Gasteiger partial charge is 0.354 e. The lowest BCUT2D eigenvalue weighted by atomic mass is 9.95. The van der Waals surface area contributed by atoms with Crippen molar-refractivity contribution in [3.63, 3.8) is 0 Å². The highest BCUT2D eigenvalue weighted by Crippen LogP contribution is 2.28. The third kappa shape index (κ3) is 4.62. The Morgan fingerprint density at radius 1 is 1.00 bits per heavy atom. The van der Waals surface area contributed by atoms with Crippen LogP contribution in [-0.2, 0) is 14.8 Å². The van der Waals surface area contributed by atoms with Gasteiger partial charge < -0.3 is 10.6 Å². The van der Waals surface area contributed by atoms with Crippen LogP contribution in [0, 0.1) is 11.3 Å². The lowest BCUT2D eigenvalue weighted by Crippen LogP contribution is -2.49. The number of amides is 2. The zero-order valence-corrected chi connectivity index (χ0v) is 18.3. The van der Waals surface area contributed by atoms with Crippen molar-refractivity contribution in [3.8, 4) is 17.2 Å². The Hall–Kier alpha value is -4.00. The minimum atomic E-state index is -3.89. The molecule has 0 aromatic heterocycles. The maximum absolute atomic E-state index is 13.1. The lowest BCUT2D eigenvalue weighted by molar-refractivity contribution is -0.122. The molecule has 166 valence electrons. The predicted molar refractivity (Wildman–Crippen MR) is 123 cm³/mol. The molecule has 0 aliphatic carbocycles. The molecule has 2 amide bonds. The van der Waals surface area contributed by atoms with Crippen molar-refractivity contribution >= 4 is 27.5 Å². The molecular weight excluding hydrogens is 440 g/mol. The minimum absolute atomic E-state index is 0.0156. The van der Waals surface area contributed by atoms with Crippen molar-refractivity contribution < 1.29 is 18.0 Å². The molecular formula is C24H20N4O4S. The molecule has 1 saturated heterocycles. The summed E-state index contributed by atoms with van der Waals surface area (Å²) < 4.78 is 27.0. The molecule has 1 aliphatic rings. The summed E-state index contributed by atoms with van der Waals surface area (Å²) in [6.45, 7) is 0.177. The van der Waals surface area contributed by atoms with Crippen LogP contribution in [0.5, 0.6) is 0 Å². The average Bonchev–Trinajstić information content (AvgIpc) is 2.84. The molecule has 0 radical (unpaired) electrons. The van der Waals surface area contributed by atoms with E-state index in [1.165, 1.54) is 18.2 Å². The van der Waals surface area contributed by atoms with E-state index >= 15 is 0 Å². The molecule has 0 atom stereocenters. The fourth-order valence-corrected chi connectivity index (χ4v) is 5.08. The van der Waals surface area contributed by atoms with Crippen LogP contribution in [0.15, 0.2) is 77.7 Å². The molecule has 3 aromatic carbocycles. The zero-order chi connectivity index (χ0) is 23.4. The van der Waals surface area contributed by atoms with E-state index in [-0.39, 0.29) is 30.4 Å². The molecule has 8 nitrogen and oxygen atoms in total. The van der Waals surface area contributed by atoms with E-state index < -0.39 is 15.9 Å². The van der Waals surface area contributed by atoms with E-state index in [1.807, 2.05) is 0 Å². The molecule has 9 heteroatoms. The Kier molecular flexibility index (Phi) is 6.22. The highest BCUT2D eigenvalue weighted by molar-refractivity contribution is 7.89. The maximum Gasteiger partial charge on any atom is 0.256 e. The fraction of sp³-hybridized carbons (Fsp3) is 0.125. The quantitative estimate of drug-likeness (QED) is 0.607. The average molecular weight is 461 g/mol. The number of nitrogens with one attached hydrogen (secondary N) is 2. The molecule has 0 saturated carbocycles. The molecule has 1 heterocycles. The molecule has 1 aliphatic heterocycles. The summed E-state index contributed by atoms with van der Waals surface area (Å²) in [5.74, 6) is -0.797. The molecule has 0 unspecified atom stereocenters. The number of carbonyl (C=O) groups is 2. The minimum Gasteiger partial charge on any atom is -0.354 e. The van der Waals surface area contributed by atoms with E-state index in [0.717, 1.165) is 4.31 Å². The van der Waals surface area contributed by atoms with Crippen LogP contribution in [0.4, 0.5) is 5.69 Å². The van der Waals surface area contributed by atoms with Crippen molar-refractivity contribution in [1.29, 1.82) is 5.26 Å². The molecule has 3 aromatic rings. The first-order valence-electron chi connectivity index (χ1n) is 10.2. The number of carbonyl (C=O) groups excluding carboxylic acids is 2. The van der Waals surface area contributed by atoms with Crippen LogP contribution in [-0.4, -0.2) is 44.2 Å². The molecule has 0 bridgehead atoms. The van der Waals surface area contributed by atoms with Gasteiger partial charge in [0.1, 0.15) is 0 Å². The van der Waals surface area contributed by atoms with Gasteiger partial charge in [-0.2, -0.15) is 9.57 Å². The van der Waals surface area contributed by atoms with Crippen molar-refractivity contribution in [3.05, 3.63) is 83.9 Å². The number of piperazine rings is 1. The van der Waals surface area contributed by atoms with Gasteiger partial charge in [0.2, 0.25) is 15.9 Å². The van der Waals surface area contributed by atoms with Crippen molar-refractivity contribution in [1.82, 2.24) is 9.62 Å². The monoisotopic (exact) mass is 460 g/mol. The number of rotatable bonds is 5. The van der Waals surface area contributed by atoms with Crippen LogP contribution in [0.2, 0.25) is 0 Å². The Bertz CT molecular complexity index is 1380. The summed E-state index contributed by atoms with van der Waals surface area (Å²) in [6.07, 6.45) is 0. The van der Waals surface area contributed by atoms with Gasteiger partial charge in [-0.1, -0.05) is 42.5 Å². The number of nitrogens with zero attached hydrogens (tertiary/aromatic N) is 2. The van der Waals surface area contributed by atoms with E-state index in [0.29, 0.717) is 27.9 Å². The number of hydrogen-bond acceptors (Lipinski definition) is 5. The van der Waals surface area contributed by atoms with Gasteiger partial charge >= 0.3 is 0 Å². The second-order valence-corrected chi connectivity index (χ2v) is 9.31. The normalized spacial score (nSPS) is 14.2. The van der Waals surface area contributed by atoms with Gasteiger partial charge in [-0.05, 0) is 35.9 Å². The van der Waals surface area contributed by atoms with Crippen molar-refractivity contribution in [2.45, 2.75) is 4.90 Å². The summed E-state index contributed by atoms with van der Waals surface area (Å²) in [4.78, 5) is 24.7. The first-order chi connectivity index (χ1) is 15.9.